The van der Waals surface area contributed by atoms with Gasteiger partial charge in [0.2, 0.25) is 0 Å². The van der Waals surface area contributed by atoms with E-state index >= 15 is 0 Å². The molecular formula is C20H22N4O2. The first-order valence-electron chi connectivity index (χ1n) is 8.93. The summed E-state index contributed by atoms with van der Waals surface area (Å²) in [4.78, 5) is 18.3. The van der Waals surface area contributed by atoms with E-state index in [1.54, 1.807) is 4.90 Å². The number of likely N-dealkylation sites (tertiary alicyclic amines) is 1. The van der Waals surface area contributed by atoms with Crippen LogP contribution in [0.15, 0.2) is 54.9 Å². The van der Waals surface area contributed by atoms with Gasteiger partial charge >= 0.3 is 6.03 Å². The lowest BCUT2D eigenvalue weighted by atomic mass is 10.1. The van der Waals surface area contributed by atoms with E-state index in [0.717, 1.165) is 35.1 Å². The van der Waals surface area contributed by atoms with Crippen LogP contribution in [0.3, 0.4) is 0 Å². The minimum absolute atomic E-state index is 0.117. The maximum atomic E-state index is 12.2. The monoisotopic (exact) mass is 350 g/mol. The number of benzene rings is 2. The third-order valence-corrected chi connectivity index (χ3v) is 4.80. The largest absolute Gasteiger partial charge is 0.391 e. The van der Waals surface area contributed by atoms with Gasteiger partial charge in [-0.25, -0.2) is 9.78 Å². The van der Waals surface area contributed by atoms with Crippen molar-refractivity contribution in [3.05, 3.63) is 60.4 Å². The molecule has 6 heteroatoms. The van der Waals surface area contributed by atoms with Crippen molar-refractivity contribution in [2.45, 2.75) is 25.5 Å². The number of aliphatic hydroxyl groups is 1. The number of aromatic nitrogens is 2. The number of carbonyl (C=O) groups is 1. The average molecular weight is 350 g/mol. The third-order valence-electron chi connectivity index (χ3n) is 4.80. The third kappa shape index (κ3) is 3.41. The minimum Gasteiger partial charge on any atom is -0.391 e. The summed E-state index contributed by atoms with van der Waals surface area (Å²) in [6, 6.07) is 16.0. The topological polar surface area (TPSA) is 70.4 Å². The first-order chi connectivity index (χ1) is 12.7. The molecule has 1 fully saturated rings. The zero-order valence-corrected chi connectivity index (χ0v) is 14.5. The number of hydrogen-bond donors (Lipinski definition) is 2. The molecule has 2 heterocycles. The van der Waals surface area contributed by atoms with Crippen LogP contribution >= 0.6 is 0 Å². The Morgan fingerprint density at radius 1 is 1.19 bits per heavy atom. The number of nitrogens with one attached hydrogen (secondary N) is 1. The molecule has 6 nitrogen and oxygen atoms in total. The van der Waals surface area contributed by atoms with E-state index in [1.165, 1.54) is 0 Å². The summed E-state index contributed by atoms with van der Waals surface area (Å²) >= 11 is 0. The number of β-amino-alcohol motifs (C(OH)–C–C–N with tert-alkyl or cyclic N) is 1. The number of imidazole rings is 1. The fraction of sp³-hybridized carbons (Fsp3) is 0.300. The molecule has 1 saturated heterocycles. The van der Waals surface area contributed by atoms with Gasteiger partial charge in [-0.1, -0.05) is 24.3 Å². The van der Waals surface area contributed by atoms with E-state index in [2.05, 4.69) is 10.3 Å². The van der Waals surface area contributed by atoms with Gasteiger partial charge in [0, 0.05) is 25.3 Å². The van der Waals surface area contributed by atoms with Crippen molar-refractivity contribution in [2.24, 2.45) is 0 Å². The van der Waals surface area contributed by atoms with Crippen molar-refractivity contribution in [2.75, 3.05) is 13.1 Å². The summed E-state index contributed by atoms with van der Waals surface area (Å²) in [5.74, 6) is 0. The summed E-state index contributed by atoms with van der Waals surface area (Å²) in [7, 11) is 0. The Morgan fingerprint density at radius 2 is 2.00 bits per heavy atom. The zero-order valence-electron chi connectivity index (χ0n) is 14.5. The lowest BCUT2D eigenvalue weighted by molar-refractivity contribution is 0.0842. The molecule has 2 aromatic carbocycles. The molecule has 0 bridgehead atoms. The maximum Gasteiger partial charge on any atom is 0.317 e. The number of rotatable bonds is 3. The highest BCUT2D eigenvalue weighted by molar-refractivity contribution is 5.77. The number of urea groups is 1. The minimum atomic E-state index is -0.404. The van der Waals surface area contributed by atoms with Crippen molar-refractivity contribution in [1.29, 1.82) is 0 Å². The first kappa shape index (κ1) is 16.6. The second-order valence-electron chi connectivity index (χ2n) is 6.67. The number of fused-ring (bicyclic) bond motifs is 1. The zero-order chi connectivity index (χ0) is 17.9. The molecule has 0 aliphatic carbocycles. The predicted molar refractivity (Wildman–Crippen MR) is 100 cm³/mol. The fourth-order valence-corrected chi connectivity index (χ4v) is 3.37. The predicted octanol–water partition coefficient (Wildman–Crippen LogP) is 2.69. The highest BCUT2D eigenvalue weighted by atomic mass is 16.3. The average Bonchev–Trinajstić information content (AvgIpc) is 3.11. The Balaban J connectivity index is 1.41. The van der Waals surface area contributed by atoms with E-state index < -0.39 is 6.10 Å². The first-order valence-corrected chi connectivity index (χ1v) is 8.93. The molecule has 0 spiro atoms. The van der Waals surface area contributed by atoms with Crippen molar-refractivity contribution >= 4 is 17.1 Å². The van der Waals surface area contributed by atoms with Crippen LogP contribution in [0.4, 0.5) is 4.79 Å². The van der Waals surface area contributed by atoms with E-state index in [1.807, 2.05) is 59.4 Å². The molecule has 0 saturated carbocycles. The standard InChI is InChI=1S/C20H22N4O2/c25-17-4-3-11-23(13-17)20(26)21-12-15-7-9-16(10-8-15)24-14-22-18-5-1-2-6-19(18)24/h1-2,5-10,14,17,25H,3-4,11-13H2,(H,21,26). The summed E-state index contributed by atoms with van der Waals surface area (Å²) in [6.07, 6.45) is 3.04. The molecular weight excluding hydrogens is 328 g/mol. The fourth-order valence-electron chi connectivity index (χ4n) is 3.37. The molecule has 1 atom stereocenters. The number of para-hydroxylation sites is 2. The lowest BCUT2D eigenvalue weighted by Gasteiger charge is -2.30. The van der Waals surface area contributed by atoms with Gasteiger partial charge in [-0.2, -0.15) is 0 Å². The van der Waals surface area contributed by atoms with Gasteiger partial charge in [0.25, 0.3) is 0 Å². The van der Waals surface area contributed by atoms with Crippen LogP contribution in [0.1, 0.15) is 18.4 Å². The molecule has 0 radical (unpaired) electrons. The quantitative estimate of drug-likeness (QED) is 0.763. The molecule has 3 aromatic rings. The van der Waals surface area contributed by atoms with Gasteiger partial charge in [-0.15, -0.1) is 0 Å². The van der Waals surface area contributed by atoms with Gasteiger partial charge in [0.1, 0.15) is 6.33 Å². The molecule has 4 rings (SSSR count). The van der Waals surface area contributed by atoms with Gasteiger partial charge < -0.3 is 15.3 Å². The normalized spacial score (nSPS) is 17.4. The molecule has 2 N–H and O–H groups in total. The van der Waals surface area contributed by atoms with E-state index in [-0.39, 0.29) is 6.03 Å². The number of amides is 2. The van der Waals surface area contributed by atoms with Crippen molar-refractivity contribution in [1.82, 2.24) is 19.8 Å². The molecule has 1 aromatic heterocycles. The van der Waals surface area contributed by atoms with Gasteiger partial charge in [-0.05, 0) is 42.7 Å². The molecule has 1 unspecified atom stereocenters. The SMILES string of the molecule is O=C(NCc1ccc(-n2cnc3ccccc32)cc1)N1CCCC(O)C1. The highest BCUT2D eigenvalue weighted by Gasteiger charge is 2.21. The molecule has 26 heavy (non-hydrogen) atoms. The molecule has 1 aliphatic rings. The van der Waals surface area contributed by atoms with Crippen molar-refractivity contribution < 1.29 is 9.90 Å². The number of aliphatic hydroxyl groups excluding tert-OH is 1. The van der Waals surface area contributed by atoms with Crippen LogP contribution in [0, 0.1) is 0 Å². The van der Waals surface area contributed by atoms with E-state index in [9.17, 15) is 9.90 Å². The molecule has 134 valence electrons. The van der Waals surface area contributed by atoms with Crippen molar-refractivity contribution in [3.63, 3.8) is 0 Å². The summed E-state index contributed by atoms with van der Waals surface area (Å²) < 4.78 is 2.05. The van der Waals surface area contributed by atoms with Gasteiger partial charge in [0.05, 0.1) is 17.1 Å². The molecule has 1 aliphatic heterocycles. The van der Waals surface area contributed by atoms with Crippen LogP contribution in [0.5, 0.6) is 0 Å². The Kier molecular flexibility index (Phi) is 4.58. The van der Waals surface area contributed by atoms with Crippen LogP contribution in [-0.4, -0.2) is 44.8 Å². The van der Waals surface area contributed by atoms with Gasteiger partial charge in [-0.3, -0.25) is 4.57 Å². The number of hydrogen-bond acceptors (Lipinski definition) is 3. The van der Waals surface area contributed by atoms with Crippen molar-refractivity contribution in [3.8, 4) is 5.69 Å². The summed E-state index contributed by atoms with van der Waals surface area (Å²) in [5, 5.41) is 12.6. The molecule has 2 amide bonds. The Bertz CT molecular complexity index is 904. The van der Waals surface area contributed by atoms with E-state index in [0.29, 0.717) is 19.6 Å². The Morgan fingerprint density at radius 3 is 2.81 bits per heavy atom. The van der Waals surface area contributed by atoms with Crippen LogP contribution in [0.2, 0.25) is 0 Å². The second kappa shape index (κ2) is 7.17. The maximum absolute atomic E-state index is 12.2. The van der Waals surface area contributed by atoms with Gasteiger partial charge in [0.15, 0.2) is 0 Å². The summed E-state index contributed by atoms with van der Waals surface area (Å²) in [5.41, 5.74) is 4.10. The van der Waals surface area contributed by atoms with Crippen LogP contribution in [-0.2, 0) is 6.54 Å². The number of nitrogens with zero attached hydrogens (tertiary/aromatic N) is 3. The second-order valence-corrected chi connectivity index (χ2v) is 6.67. The van der Waals surface area contributed by atoms with Crippen LogP contribution < -0.4 is 5.32 Å². The number of piperidine rings is 1. The van der Waals surface area contributed by atoms with E-state index in [4.69, 9.17) is 0 Å². The Hall–Kier alpha value is -2.86. The smallest absolute Gasteiger partial charge is 0.317 e. The highest BCUT2D eigenvalue weighted by Crippen LogP contribution is 2.18. The number of carbonyl (C=O) groups excluding carboxylic acids is 1. The summed E-state index contributed by atoms with van der Waals surface area (Å²) in [6.45, 7) is 1.59. The Labute approximate surface area is 152 Å². The lowest BCUT2D eigenvalue weighted by Crippen LogP contribution is -2.46. The van der Waals surface area contributed by atoms with Crippen LogP contribution in [0.25, 0.3) is 16.7 Å².